The van der Waals surface area contributed by atoms with Crippen LogP contribution in [-0.2, 0) is 5.88 Å². The van der Waals surface area contributed by atoms with E-state index in [-0.39, 0.29) is 0 Å². The second kappa shape index (κ2) is 7.46. The summed E-state index contributed by atoms with van der Waals surface area (Å²) in [5.41, 5.74) is 0.867. The normalized spacial score (nSPS) is 16.1. The van der Waals surface area contributed by atoms with E-state index in [1.807, 2.05) is 0 Å². The summed E-state index contributed by atoms with van der Waals surface area (Å²) in [6, 6.07) is 0.571. The van der Waals surface area contributed by atoms with Crippen molar-refractivity contribution in [1.29, 1.82) is 0 Å². The molecule has 0 amide bonds. The highest BCUT2D eigenvalue weighted by Gasteiger charge is 2.26. The number of nitrogens with zero attached hydrogens (tertiary/aromatic N) is 3. The molecule has 0 atom stereocenters. The lowest BCUT2D eigenvalue weighted by atomic mass is 10.1. The van der Waals surface area contributed by atoms with E-state index in [0.29, 0.717) is 23.0 Å². The third-order valence-electron chi connectivity index (χ3n) is 3.99. The van der Waals surface area contributed by atoms with E-state index in [4.69, 9.17) is 23.2 Å². The Balaban J connectivity index is 2.27. The number of aromatic nitrogens is 2. The third-order valence-corrected chi connectivity index (χ3v) is 4.58. The van der Waals surface area contributed by atoms with Gasteiger partial charge in [-0.2, -0.15) is 0 Å². The van der Waals surface area contributed by atoms with Gasteiger partial charge in [0.25, 0.3) is 0 Å². The van der Waals surface area contributed by atoms with Crippen molar-refractivity contribution in [2.75, 3.05) is 11.4 Å². The Morgan fingerprint density at radius 2 is 2.00 bits per heavy atom. The Morgan fingerprint density at radius 3 is 2.60 bits per heavy atom. The summed E-state index contributed by atoms with van der Waals surface area (Å²) in [5.74, 6) is 1.98. The SMILES string of the molecule is CC(C)CCN(c1ncnc(Cl)c1CCl)C1CCCC1. The van der Waals surface area contributed by atoms with Gasteiger partial charge in [-0.25, -0.2) is 9.97 Å². The van der Waals surface area contributed by atoms with E-state index >= 15 is 0 Å². The van der Waals surface area contributed by atoms with Crippen LogP contribution in [-0.4, -0.2) is 22.6 Å². The molecule has 0 aromatic carbocycles. The molecule has 0 unspecified atom stereocenters. The standard InChI is InChI=1S/C15H23Cl2N3/c1-11(2)7-8-20(12-5-3-4-6-12)15-13(9-16)14(17)18-10-19-15/h10-12H,3-9H2,1-2H3. The molecule has 0 saturated heterocycles. The van der Waals surface area contributed by atoms with Gasteiger partial charge in [0.15, 0.2) is 0 Å². The number of halogens is 2. The zero-order valence-corrected chi connectivity index (χ0v) is 13.8. The van der Waals surface area contributed by atoms with Gasteiger partial charge in [0.2, 0.25) is 0 Å². The molecule has 0 N–H and O–H groups in total. The van der Waals surface area contributed by atoms with Gasteiger partial charge in [0, 0.05) is 18.2 Å². The average molecular weight is 316 g/mol. The predicted octanol–water partition coefficient (Wildman–Crippen LogP) is 4.66. The Morgan fingerprint density at radius 1 is 1.30 bits per heavy atom. The highest BCUT2D eigenvalue weighted by Crippen LogP contribution is 2.32. The summed E-state index contributed by atoms with van der Waals surface area (Å²) < 4.78 is 0. The monoisotopic (exact) mass is 315 g/mol. The second-order valence-corrected chi connectivity index (χ2v) is 6.54. The summed E-state index contributed by atoms with van der Waals surface area (Å²) in [4.78, 5) is 11.0. The van der Waals surface area contributed by atoms with Crippen LogP contribution in [0.15, 0.2) is 6.33 Å². The van der Waals surface area contributed by atoms with E-state index in [2.05, 4.69) is 28.7 Å². The molecule has 2 rings (SSSR count). The lowest BCUT2D eigenvalue weighted by Gasteiger charge is -2.32. The lowest BCUT2D eigenvalue weighted by Crippen LogP contribution is -2.36. The Kier molecular flexibility index (Phi) is 5.91. The van der Waals surface area contributed by atoms with Crippen LogP contribution in [0.5, 0.6) is 0 Å². The van der Waals surface area contributed by atoms with Crippen molar-refractivity contribution in [1.82, 2.24) is 9.97 Å². The van der Waals surface area contributed by atoms with E-state index in [1.165, 1.54) is 25.7 Å². The molecule has 1 fully saturated rings. The number of hydrogen-bond donors (Lipinski definition) is 0. The van der Waals surface area contributed by atoms with Gasteiger partial charge in [-0.1, -0.05) is 38.3 Å². The highest BCUT2D eigenvalue weighted by atomic mass is 35.5. The zero-order chi connectivity index (χ0) is 14.5. The average Bonchev–Trinajstić information content (AvgIpc) is 2.93. The molecule has 0 spiro atoms. The Labute approximate surface area is 131 Å². The molecule has 1 saturated carbocycles. The van der Waals surface area contributed by atoms with Crippen LogP contribution in [0.1, 0.15) is 51.5 Å². The van der Waals surface area contributed by atoms with Crippen LogP contribution < -0.4 is 4.90 Å². The molecular formula is C15H23Cl2N3. The molecule has 3 nitrogen and oxygen atoms in total. The van der Waals surface area contributed by atoms with Crippen molar-refractivity contribution in [3.63, 3.8) is 0 Å². The highest BCUT2D eigenvalue weighted by molar-refractivity contribution is 6.31. The zero-order valence-electron chi connectivity index (χ0n) is 12.3. The summed E-state index contributed by atoms with van der Waals surface area (Å²) >= 11 is 12.2. The summed E-state index contributed by atoms with van der Waals surface area (Å²) in [7, 11) is 0. The number of anilines is 1. The fourth-order valence-electron chi connectivity index (χ4n) is 2.82. The minimum atomic E-state index is 0.361. The maximum atomic E-state index is 6.18. The topological polar surface area (TPSA) is 29.0 Å². The molecule has 0 aliphatic heterocycles. The number of rotatable bonds is 6. The van der Waals surface area contributed by atoms with Crippen molar-refractivity contribution in [3.8, 4) is 0 Å². The van der Waals surface area contributed by atoms with Crippen LogP contribution in [0.4, 0.5) is 5.82 Å². The fourth-order valence-corrected chi connectivity index (χ4v) is 3.33. The van der Waals surface area contributed by atoms with E-state index in [9.17, 15) is 0 Å². The van der Waals surface area contributed by atoms with Crippen LogP contribution in [0.2, 0.25) is 5.15 Å². The van der Waals surface area contributed by atoms with Gasteiger partial charge in [-0.15, -0.1) is 11.6 Å². The maximum absolute atomic E-state index is 6.18. The van der Waals surface area contributed by atoms with Crippen molar-refractivity contribution in [3.05, 3.63) is 17.0 Å². The molecule has 5 heteroatoms. The van der Waals surface area contributed by atoms with Crippen molar-refractivity contribution in [2.45, 2.75) is 57.9 Å². The van der Waals surface area contributed by atoms with Crippen molar-refractivity contribution in [2.24, 2.45) is 5.92 Å². The second-order valence-electron chi connectivity index (χ2n) is 5.91. The largest absolute Gasteiger partial charge is 0.353 e. The van der Waals surface area contributed by atoms with Crippen molar-refractivity contribution < 1.29 is 0 Å². The molecule has 0 bridgehead atoms. The molecule has 20 heavy (non-hydrogen) atoms. The number of hydrogen-bond acceptors (Lipinski definition) is 3. The third kappa shape index (κ3) is 3.76. The summed E-state index contributed by atoms with van der Waals surface area (Å²) in [6.45, 7) is 5.52. The molecule has 1 aromatic heterocycles. The first-order valence-electron chi connectivity index (χ1n) is 7.45. The van der Waals surface area contributed by atoms with Crippen LogP contribution in [0, 0.1) is 5.92 Å². The maximum Gasteiger partial charge on any atom is 0.138 e. The van der Waals surface area contributed by atoms with Crippen LogP contribution in [0.25, 0.3) is 0 Å². The number of alkyl halides is 1. The quantitative estimate of drug-likeness (QED) is 0.564. The first kappa shape index (κ1) is 15.8. The summed E-state index contributed by atoms with van der Waals surface area (Å²) in [5, 5.41) is 0.484. The first-order chi connectivity index (χ1) is 9.63. The smallest absolute Gasteiger partial charge is 0.138 e. The van der Waals surface area contributed by atoms with Gasteiger partial charge >= 0.3 is 0 Å². The molecule has 1 aliphatic carbocycles. The predicted molar refractivity (Wildman–Crippen MR) is 85.7 cm³/mol. The van der Waals surface area contributed by atoms with E-state index < -0.39 is 0 Å². The first-order valence-corrected chi connectivity index (χ1v) is 8.36. The van der Waals surface area contributed by atoms with Gasteiger partial charge < -0.3 is 4.90 Å². The van der Waals surface area contributed by atoms with Crippen LogP contribution in [0.3, 0.4) is 0 Å². The molecule has 1 aliphatic rings. The molecule has 0 radical (unpaired) electrons. The molecular weight excluding hydrogens is 293 g/mol. The van der Waals surface area contributed by atoms with Gasteiger partial charge in [0.1, 0.15) is 17.3 Å². The van der Waals surface area contributed by atoms with Gasteiger partial charge in [-0.05, 0) is 25.2 Å². The molecule has 1 aromatic rings. The van der Waals surface area contributed by atoms with E-state index in [1.54, 1.807) is 6.33 Å². The Hall–Kier alpha value is -0.540. The minimum Gasteiger partial charge on any atom is -0.353 e. The molecule has 1 heterocycles. The molecule has 112 valence electrons. The van der Waals surface area contributed by atoms with E-state index in [0.717, 1.165) is 24.3 Å². The lowest BCUT2D eigenvalue weighted by molar-refractivity contribution is 0.524. The van der Waals surface area contributed by atoms with Crippen LogP contribution >= 0.6 is 23.2 Å². The van der Waals surface area contributed by atoms with Crippen molar-refractivity contribution >= 4 is 29.0 Å². The van der Waals surface area contributed by atoms with Gasteiger partial charge in [0.05, 0.1) is 5.88 Å². The van der Waals surface area contributed by atoms with Gasteiger partial charge in [-0.3, -0.25) is 0 Å². The Bertz CT molecular complexity index is 431. The summed E-state index contributed by atoms with van der Waals surface area (Å²) in [6.07, 6.45) is 7.78. The fraction of sp³-hybridized carbons (Fsp3) is 0.733. The minimum absolute atomic E-state index is 0.361.